The Bertz CT molecular complexity index is 663. The summed E-state index contributed by atoms with van der Waals surface area (Å²) < 4.78 is 5.21. The third kappa shape index (κ3) is 5.01. The fourth-order valence-corrected chi connectivity index (χ4v) is 4.16. The van der Waals surface area contributed by atoms with Crippen molar-refractivity contribution in [2.45, 2.75) is 51.0 Å². The number of nitrogens with one attached hydrogen (secondary N) is 1. The average molecular weight is 374 g/mol. The van der Waals surface area contributed by atoms with Crippen LogP contribution in [0.15, 0.2) is 24.3 Å². The van der Waals surface area contributed by atoms with E-state index in [0.717, 1.165) is 37.8 Å². The van der Waals surface area contributed by atoms with Gasteiger partial charge in [0.25, 0.3) is 0 Å². The van der Waals surface area contributed by atoms with Crippen LogP contribution in [0.1, 0.15) is 44.9 Å². The summed E-state index contributed by atoms with van der Waals surface area (Å²) in [7, 11) is 1.59. The second-order valence-corrected chi connectivity index (χ2v) is 7.65. The van der Waals surface area contributed by atoms with Gasteiger partial charge < -0.3 is 20.1 Å². The number of amides is 2. The molecule has 0 spiro atoms. The summed E-state index contributed by atoms with van der Waals surface area (Å²) >= 11 is 0. The molecule has 1 aliphatic carbocycles. The maximum atomic E-state index is 12.4. The zero-order valence-corrected chi connectivity index (χ0v) is 16.0. The highest BCUT2D eigenvalue weighted by Crippen LogP contribution is 2.29. The molecule has 27 heavy (non-hydrogen) atoms. The minimum Gasteiger partial charge on any atom is -0.497 e. The first-order valence-electron chi connectivity index (χ1n) is 9.98. The predicted molar refractivity (Wildman–Crippen MR) is 104 cm³/mol. The monoisotopic (exact) mass is 374 g/mol. The van der Waals surface area contributed by atoms with Gasteiger partial charge in [-0.2, -0.15) is 0 Å². The third-order valence-electron chi connectivity index (χ3n) is 5.78. The van der Waals surface area contributed by atoms with E-state index < -0.39 is 0 Å². The van der Waals surface area contributed by atoms with E-state index in [2.05, 4.69) is 5.32 Å². The molecule has 0 unspecified atom stereocenters. The lowest BCUT2D eigenvalue weighted by Crippen LogP contribution is -2.34. The minimum atomic E-state index is -0.316. The van der Waals surface area contributed by atoms with E-state index in [4.69, 9.17) is 4.74 Å². The SMILES string of the molecule is COc1cccc(N2C[C@H](C(=O)NCCC[C@@H]3CCCC[C@H]3O)CC2=O)c1. The van der Waals surface area contributed by atoms with Crippen molar-refractivity contribution in [3.8, 4) is 5.75 Å². The summed E-state index contributed by atoms with van der Waals surface area (Å²) in [6.07, 6.45) is 6.17. The van der Waals surface area contributed by atoms with Crippen LogP contribution in [0, 0.1) is 11.8 Å². The van der Waals surface area contributed by atoms with Crippen molar-refractivity contribution in [3.05, 3.63) is 24.3 Å². The van der Waals surface area contributed by atoms with Crippen molar-refractivity contribution in [3.63, 3.8) is 0 Å². The number of hydrogen-bond donors (Lipinski definition) is 2. The molecule has 1 heterocycles. The Morgan fingerprint density at radius 2 is 2.15 bits per heavy atom. The fourth-order valence-electron chi connectivity index (χ4n) is 4.16. The third-order valence-corrected chi connectivity index (χ3v) is 5.78. The molecule has 1 aromatic rings. The molecule has 6 heteroatoms. The Balaban J connectivity index is 1.44. The van der Waals surface area contributed by atoms with Gasteiger partial charge in [-0.05, 0) is 43.7 Å². The summed E-state index contributed by atoms with van der Waals surface area (Å²) in [6.45, 7) is 1.01. The number of hydrogen-bond acceptors (Lipinski definition) is 4. The van der Waals surface area contributed by atoms with Crippen molar-refractivity contribution < 1.29 is 19.4 Å². The smallest absolute Gasteiger partial charge is 0.227 e. The molecule has 6 nitrogen and oxygen atoms in total. The van der Waals surface area contributed by atoms with E-state index in [1.165, 1.54) is 6.42 Å². The molecule has 1 aliphatic heterocycles. The van der Waals surface area contributed by atoms with Gasteiger partial charge in [0.1, 0.15) is 5.75 Å². The van der Waals surface area contributed by atoms with Gasteiger partial charge in [0.2, 0.25) is 11.8 Å². The van der Waals surface area contributed by atoms with E-state index in [1.807, 2.05) is 24.3 Å². The van der Waals surface area contributed by atoms with E-state index in [0.29, 0.717) is 24.8 Å². The lowest BCUT2D eigenvalue weighted by atomic mass is 9.83. The molecule has 0 bridgehead atoms. The minimum absolute atomic E-state index is 0.0336. The highest BCUT2D eigenvalue weighted by atomic mass is 16.5. The molecule has 1 saturated carbocycles. The van der Waals surface area contributed by atoms with Crippen LogP contribution < -0.4 is 15.0 Å². The standard InChI is InChI=1S/C21H30N2O4/c1-27-18-9-4-8-17(13-18)23-14-16(12-20(23)25)21(26)22-11-5-7-15-6-2-3-10-19(15)24/h4,8-9,13,15-16,19,24H,2-3,5-7,10-12,14H2,1H3,(H,22,26)/t15-,16+,19+/m0/s1. The average Bonchev–Trinajstić information content (AvgIpc) is 3.08. The molecule has 148 valence electrons. The van der Waals surface area contributed by atoms with Gasteiger partial charge in [0, 0.05) is 31.3 Å². The van der Waals surface area contributed by atoms with Gasteiger partial charge >= 0.3 is 0 Å². The lowest BCUT2D eigenvalue weighted by Gasteiger charge is -2.27. The molecule has 2 N–H and O–H groups in total. The fraction of sp³-hybridized carbons (Fsp3) is 0.619. The summed E-state index contributed by atoms with van der Waals surface area (Å²) in [5.74, 6) is 0.654. The number of aliphatic hydroxyl groups is 1. The predicted octanol–water partition coefficient (Wildman–Crippen LogP) is 2.50. The van der Waals surface area contributed by atoms with Crippen LogP contribution in [-0.2, 0) is 9.59 Å². The first kappa shape index (κ1) is 19.7. The molecule has 2 aliphatic rings. The highest BCUT2D eigenvalue weighted by molar-refractivity contribution is 6.00. The van der Waals surface area contributed by atoms with Gasteiger partial charge in [-0.3, -0.25) is 9.59 Å². The summed E-state index contributed by atoms with van der Waals surface area (Å²) in [4.78, 5) is 26.4. The van der Waals surface area contributed by atoms with E-state index in [1.54, 1.807) is 12.0 Å². The number of nitrogens with zero attached hydrogens (tertiary/aromatic N) is 1. The van der Waals surface area contributed by atoms with Gasteiger partial charge in [-0.1, -0.05) is 18.9 Å². The number of benzene rings is 1. The molecular formula is C21H30N2O4. The second-order valence-electron chi connectivity index (χ2n) is 7.65. The van der Waals surface area contributed by atoms with Gasteiger partial charge in [0.15, 0.2) is 0 Å². The molecule has 0 aromatic heterocycles. The molecule has 1 saturated heterocycles. The number of carbonyl (C=O) groups is 2. The molecule has 2 fully saturated rings. The largest absolute Gasteiger partial charge is 0.497 e. The number of aliphatic hydroxyl groups excluding tert-OH is 1. The Morgan fingerprint density at radius 3 is 2.93 bits per heavy atom. The second kappa shape index (κ2) is 9.22. The molecule has 0 radical (unpaired) electrons. The van der Waals surface area contributed by atoms with E-state index in [-0.39, 0.29) is 30.3 Å². The van der Waals surface area contributed by atoms with Crippen LogP contribution in [-0.4, -0.2) is 43.2 Å². The molecule has 2 amide bonds. The Morgan fingerprint density at radius 1 is 1.33 bits per heavy atom. The Kier molecular flexibility index (Phi) is 6.72. The maximum absolute atomic E-state index is 12.4. The molecule has 3 atom stereocenters. The topological polar surface area (TPSA) is 78.9 Å². The zero-order valence-electron chi connectivity index (χ0n) is 16.0. The van der Waals surface area contributed by atoms with Crippen molar-refractivity contribution in [1.29, 1.82) is 0 Å². The summed E-state index contributed by atoms with van der Waals surface area (Å²) in [6, 6.07) is 7.34. The lowest BCUT2D eigenvalue weighted by molar-refractivity contribution is -0.126. The maximum Gasteiger partial charge on any atom is 0.227 e. The summed E-state index contributed by atoms with van der Waals surface area (Å²) in [5, 5.41) is 13.0. The normalized spacial score (nSPS) is 25.5. The van der Waals surface area contributed by atoms with Crippen LogP contribution in [0.25, 0.3) is 0 Å². The number of rotatable bonds is 7. The van der Waals surface area contributed by atoms with Crippen molar-refractivity contribution in [1.82, 2.24) is 5.32 Å². The number of ether oxygens (including phenoxy) is 1. The quantitative estimate of drug-likeness (QED) is 0.719. The van der Waals surface area contributed by atoms with Crippen LogP contribution in [0.3, 0.4) is 0 Å². The van der Waals surface area contributed by atoms with Crippen molar-refractivity contribution in [2.75, 3.05) is 25.1 Å². The number of methoxy groups -OCH3 is 1. The highest BCUT2D eigenvalue weighted by Gasteiger charge is 2.35. The van der Waals surface area contributed by atoms with Crippen molar-refractivity contribution >= 4 is 17.5 Å². The van der Waals surface area contributed by atoms with Crippen LogP contribution >= 0.6 is 0 Å². The van der Waals surface area contributed by atoms with Gasteiger partial charge in [-0.25, -0.2) is 0 Å². The Labute approximate surface area is 160 Å². The zero-order chi connectivity index (χ0) is 19.2. The van der Waals surface area contributed by atoms with Crippen LogP contribution in [0.5, 0.6) is 5.75 Å². The molecular weight excluding hydrogens is 344 g/mol. The van der Waals surface area contributed by atoms with E-state index in [9.17, 15) is 14.7 Å². The Hall–Kier alpha value is -2.08. The van der Waals surface area contributed by atoms with Gasteiger partial charge in [-0.15, -0.1) is 0 Å². The number of carbonyl (C=O) groups excluding carboxylic acids is 2. The summed E-state index contributed by atoms with van der Waals surface area (Å²) in [5.41, 5.74) is 0.765. The molecule has 3 rings (SSSR count). The van der Waals surface area contributed by atoms with Gasteiger partial charge in [0.05, 0.1) is 19.1 Å². The van der Waals surface area contributed by atoms with Crippen molar-refractivity contribution in [2.24, 2.45) is 11.8 Å². The van der Waals surface area contributed by atoms with E-state index >= 15 is 0 Å². The molecule has 1 aromatic carbocycles. The number of anilines is 1. The first-order chi connectivity index (χ1) is 13.1. The van der Waals surface area contributed by atoms with Crippen LogP contribution in [0.4, 0.5) is 5.69 Å². The van der Waals surface area contributed by atoms with Crippen LogP contribution in [0.2, 0.25) is 0 Å². The first-order valence-corrected chi connectivity index (χ1v) is 9.98.